The Labute approximate surface area is 87.1 Å². The molecule has 0 saturated heterocycles. The van der Waals surface area contributed by atoms with Gasteiger partial charge in [-0.2, -0.15) is 0 Å². The van der Waals surface area contributed by atoms with Gasteiger partial charge in [0.25, 0.3) is 0 Å². The lowest BCUT2D eigenvalue weighted by Gasteiger charge is -2.16. The lowest BCUT2D eigenvalue weighted by molar-refractivity contribution is 0.996. The molecule has 0 aromatic carbocycles. The van der Waals surface area contributed by atoms with Crippen LogP contribution in [-0.2, 0) is 0 Å². The number of aromatic nitrogens is 1. The fourth-order valence-electron chi connectivity index (χ4n) is 1.02. The van der Waals surface area contributed by atoms with Crippen molar-refractivity contribution in [3.8, 4) is 12.3 Å². The Morgan fingerprint density at radius 3 is 2.92 bits per heavy atom. The Bertz CT molecular complexity index is 341. The maximum absolute atomic E-state index is 5.21. The first-order chi connectivity index (χ1) is 6.15. The molecule has 0 aliphatic rings. The van der Waals surface area contributed by atoms with Gasteiger partial charge >= 0.3 is 0 Å². The molecule has 0 aliphatic heterocycles. The van der Waals surface area contributed by atoms with Crippen LogP contribution in [0.5, 0.6) is 0 Å². The number of pyridine rings is 1. The highest BCUT2D eigenvalue weighted by Crippen LogP contribution is 2.22. The quantitative estimate of drug-likeness (QED) is 0.735. The topological polar surface area (TPSA) is 16.1 Å². The van der Waals surface area contributed by atoms with Crippen LogP contribution in [-0.4, -0.2) is 18.6 Å². The van der Waals surface area contributed by atoms with E-state index in [1.165, 1.54) is 0 Å². The van der Waals surface area contributed by atoms with E-state index in [1.807, 2.05) is 31.1 Å². The van der Waals surface area contributed by atoms with Crippen LogP contribution < -0.4 is 4.90 Å². The Hall–Kier alpha value is -1.01. The number of hydrogen-bond donors (Lipinski definition) is 0. The number of rotatable bonds is 2. The van der Waals surface area contributed by atoms with Gasteiger partial charge in [-0.05, 0) is 34.5 Å². The normalized spacial score (nSPS) is 9.38. The van der Waals surface area contributed by atoms with Crippen molar-refractivity contribution in [3.05, 3.63) is 22.3 Å². The van der Waals surface area contributed by atoms with E-state index in [-0.39, 0.29) is 0 Å². The summed E-state index contributed by atoms with van der Waals surface area (Å²) < 4.78 is 0.977. The summed E-state index contributed by atoms with van der Waals surface area (Å²) in [5.41, 5.74) is 1.13. The molecule has 1 heterocycles. The molecule has 0 atom stereocenters. The Balaban J connectivity index is 2.96. The number of hydrogen-bond acceptors (Lipinski definition) is 2. The van der Waals surface area contributed by atoms with Gasteiger partial charge in [0.05, 0.1) is 11.0 Å². The number of aryl methyl sites for hydroxylation is 1. The van der Waals surface area contributed by atoms with Crippen molar-refractivity contribution in [1.29, 1.82) is 0 Å². The van der Waals surface area contributed by atoms with Gasteiger partial charge in [-0.3, -0.25) is 0 Å². The van der Waals surface area contributed by atoms with Gasteiger partial charge in [0.1, 0.15) is 5.82 Å². The van der Waals surface area contributed by atoms with Crippen molar-refractivity contribution >= 4 is 21.7 Å². The Morgan fingerprint density at radius 1 is 1.69 bits per heavy atom. The molecule has 3 heteroatoms. The van der Waals surface area contributed by atoms with Crippen LogP contribution in [0.15, 0.2) is 16.7 Å². The van der Waals surface area contributed by atoms with E-state index in [0.29, 0.717) is 6.54 Å². The maximum atomic E-state index is 5.21. The van der Waals surface area contributed by atoms with Crippen LogP contribution in [0.2, 0.25) is 0 Å². The number of nitrogens with zero attached hydrogens (tertiary/aromatic N) is 2. The van der Waals surface area contributed by atoms with Gasteiger partial charge in [0.15, 0.2) is 0 Å². The van der Waals surface area contributed by atoms with E-state index in [4.69, 9.17) is 6.42 Å². The fraction of sp³-hybridized carbons (Fsp3) is 0.300. The third kappa shape index (κ3) is 2.46. The molecule has 0 amide bonds. The molecule has 13 heavy (non-hydrogen) atoms. The van der Waals surface area contributed by atoms with E-state index >= 15 is 0 Å². The van der Waals surface area contributed by atoms with Crippen molar-refractivity contribution < 1.29 is 0 Å². The molecule has 0 aliphatic carbocycles. The molecule has 0 N–H and O–H groups in total. The average Bonchev–Trinajstić information content (AvgIpc) is 2.04. The summed E-state index contributed by atoms with van der Waals surface area (Å²) in [6, 6.07) is 2.02. The van der Waals surface area contributed by atoms with Gasteiger partial charge in [-0.15, -0.1) is 6.42 Å². The standard InChI is InChI=1S/C10H11BrN2/c1-4-5-13(3)10-9(11)6-8(2)7-12-10/h1,6-7H,5H2,2-3H3. The van der Waals surface area contributed by atoms with Crippen LogP contribution in [0.25, 0.3) is 0 Å². The zero-order valence-electron chi connectivity index (χ0n) is 7.71. The van der Waals surface area contributed by atoms with Crippen LogP contribution in [0.1, 0.15) is 5.56 Å². The van der Waals surface area contributed by atoms with Crippen molar-refractivity contribution in [1.82, 2.24) is 4.98 Å². The summed E-state index contributed by atoms with van der Waals surface area (Å²) >= 11 is 3.44. The summed E-state index contributed by atoms with van der Waals surface area (Å²) in [5, 5.41) is 0. The predicted octanol–water partition coefficient (Wildman–Crippen LogP) is 2.22. The molecule has 1 rings (SSSR count). The summed E-state index contributed by atoms with van der Waals surface area (Å²) in [5.74, 6) is 3.45. The minimum Gasteiger partial charge on any atom is -0.348 e. The first kappa shape index (κ1) is 10.1. The Kier molecular flexibility index (Phi) is 3.32. The second-order valence-electron chi connectivity index (χ2n) is 2.88. The van der Waals surface area contributed by atoms with Crippen LogP contribution >= 0.6 is 15.9 Å². The second kappa shape index (κ2) is 4.29. The minimum absolute atomic E-state index is 0.564. The molecule has 1 aromatic rings. The van der Waals surface area contributed by atoms with E-state index in [0.717, 1.165) is 15.9 Å². The summed E-state index contributed by atoms with van der Waals surface area (Å²) in [6.45, 7) is 2.57. The number of terminal acetylenes is 1. The predicted molar refractivity (Wildman–Crippen MR) is 58.8 cm³/mol. The molecule has 0 bridgehead atoms. The van der Waals surface area contributed by atoms with Crippen molar-refractivity contribution in [2.24, 2.45) is 0 Å². The molecule has 0 spiro atoms. The highest BCUT2D eigenvalue weighted by atomic mass is 79.9. The van der Waals surface area contributed by atoms with E-state index in [9.17, 15) is 0 Å². The first-order valence-corrected chi connectivity index (χ1v) is 4.71. The maximum Gasteiger partial charge on any atom is 0.143 e. The number of anilines is 1. The minimum atomic E-state index is 0.564. The van der Waals surface area contributed by atoms with Crippen molar-refractivity contribution in [2.75, 3.05) is 18.5 Å². The van der Waals surface area contributed by atoms with Crippen molar-refractivity contribution in [2.45, 2.75) is 6.92 Å². The molecule has 0 radical (unpaired) electrons. The van der Waals surface area contributed by atoms with Crippen molar-refractivity contribution in [3.63, 3.8) is 0 Å². The molecule has 0 saturated carbocycles. The smallest absolute Gasteiger partial charge is 0.143 e. The average molecular weight is 239 g/mol. The molecule has 0 fully saturated rings. The van der Waals surface area contributed by atoms with Gasteiger partial charge < -0.3 is 4.90 Å². The van der Waals surface area contributed by atoms with Gasteiger partial charge in [0, 0.05) is 13.2 Å². The second-order valence-corrected chi connectivity index (χ2v) is 3.73. The number of halogens is 1. The SMILES string of the molecule is C#CCN(C)c1ncc(C)cc1Br. The van der Waals surface area contributed by atoms with E-state index in [1.54, 1.807) is 0 Å². The molecular formula is C10H11BrN2. The van der Waals surface area contributed by atoms with Crippen LogP contribution in [0.3, 0.4) is 0 Å². The Morgan fingerprint density at radius 2 is 2.38 bits per heavy atom. The highest BCUT2D eigenvalue weighted by Gasteiger charge is 2.05. The van der Waals surface area contributed by atoms with Crippen LogP contribution in [0.4, 0.5) is 5.82 Å². The first-order valence-electron chi connectivity index (χ1n) is 3.92. The van der Waals surface area contributed by atoms with E-state index in [2.05, 4.69) is 26.8 Å². The summed E-state index contributed by atoms with van der Waals surface area (Å²) in [6.07, 6.45) is 7.04. The fourth-order valence-corrected chi connectivity index (χ4v) is 1.79. The lowest BCUT2D eigenvalue weighted by atomic mass is 10.3. The van der Waals surface area contributed by atoms with Gasteiger partial charge in [-0.25, -0.2) is 4.98 Å². The third-order valence-electron chi connectivity index (χ3n) is 1.65. The van der Waals surface area contributed by atoms with Gasteiger partial charge in [-0.1, -0.05) is 5.92 Å². The lowest BCUT2D eigenvalue weighted by Crippen LogP contribution is -2.18. The largest absolute Gasteiger partial charge is 0.348 e. The zero-order chi connectivity index (χ0) is 9.84. The molecule has 0 unspecified atom stereocenters. The zero-order valence-corrected chi connectivity index (χ0v) is 9.30. The van der Waals surface area contributed by atoms with E-state index < -0.39 is 0 Å². The molecule has 68 valence electrons. The highest BCUT2D eigenvalue weighted by molar-refractivity contribution is 9.10. The van der Waals surface area contributed by atoms with Crippen LogP contribution in [0, 0.1) is 19.3 Å². The summed E-state index contributed by atoms with van der Waals surface area (Å²) in [4.78, 5) is 6.20. The van der Waals surface area contributed by atoms with Gasteiger partial charge in [0.2, 0.25) is 0 Å². The monoisotopic (exact) mass is 238 g/mol. The third-order valence-corrected chi connectivity index (χ3v) is 2.23. The molecular weight excluding hydrogens is 228 g/mol. The summed E-state index contributed by atoms with van der Waals surface area (Å²) in [7, 11) is 1.92. The molecule has 2 nitrogen and oxygen atoms in total. The molecule has 1 aromatic heterocycles.